The molecule has 0 amide bonds. The molecule has 1 unspecified atom stereocenters. The van der Waals surface area contributed by atoms with Crippen molar-refractivity contribution in [3.63, 3.8) is 0 Å². The van der Waals surface area contributed by atoms with Crippen molar-refractivity contribution in [2.24, 2.45) is 0 Å². The summed E-state index contributed by atoms with van der Waals surface area (Å²) < 4.78 is 0. The van der Waals surface area contributed by atoms with Gasteiger partial charge in [-0.25, -0.2) is 0 Å². The van der Waals surface area contributed by atoms with Gasteiger partial charge >= 0.3 is 0 Å². The Balaban J connectivity index is 2.02. The van der Waals surface area contributed by atoms with Crippen LogP contribution in [-0.2, 0) is 6.42 Å². The zero-order valence-electron chi connectivity index (χ0n) is 8.62. The minimum Gasteiger partial charge on any atom is -0.388 e. The summed E-state index contributed by atoms with van der Waals surface area (Å²) in [5.41, 5.74) is 2.29. The first-order valence-electron chi connectivity index (χ1n) is 5.37. The molecule has 0 aliphatic heterocycles. The average Bonchev–Trinajstić information content (AvgIpc) is 2.70. The van der Waals surface area contributed by atoms with Gasteiger partial charge in [-0.3, -0.25) is 0 Å². The van der Waals surface area contributed by atoms with Crippen molar-refractivity contribution >= 4 is 11.6 Å². The number of rotatable bonds is 3. The molecule has 0 saturated carbocycles. The summed E-state index contributed by atoms with van der Waals surface area (Å²) in [5.74, 6) is 0. The maximum atomic E-state index is 9.98. The molecule has 80 valence electrons. The van der Waals surface area contributed by atoms with Gasteiger partial charge in [0.15, 0.2) is 0 Å². The lowest BCUT2D eigenvalue weighted by Crippen LogP contribution is -2.12. The van der Waals surface area contributed by atoms with Crippen LogP contribution in [0.25, 0.3) is 0 Å². The Morgan fingerprint density at radius 3 is 2.93 bits per heavy atom. The molecule has 0 spiro atoms. The molecule has 1 aromatic carbocycles. The van der Waals surface area contributed by atoms with E-state index in [1.54, 1.807) is 0 Å². The van der Waals surface area contributed by atoms with Crippen LogP contribution in [0.15, 0.2) is 35.9 Å². The number of hydrogen-bond acceptors (Lipinski definition) is 1. The van der Waals surface area contributed by atoms with E-state index in [1.807, 2.05) is 24.3 Å². The molecule has 1 aliphatic rings. The van der Waals surface area contributed by atoms with Crippen molar-refractivity contribution in [2.75, 3.05) is 0 Å². The number of aliphatic hydroxyl groups is 1. The van der Waals surface area contributed by atoms with Gasteiger partial charge < -0.3 is 5.11 Å². The van der Waals surface area contributed by atoms with Crippen molar-refractivity contribution < 1.29 is 5.11 Å². The van der Waals surface area contributed by atoms with E-state index < -0.39 is 0 Å². The first-order valence-corrected chi connectivity index (χ1v) is 5.75. The fraction of sp³-hybridized carbons (Fsp3) is 0.385. The number of halogens is 1. The quantitative estimate of drug-likeness (QED) is 0.778. The second-order valence-corrected chi connectivity index (χ2v) is 4.46. The van der Waals surface area contributed by atoms with Gasteiger partial charge in [0.1, 0.15) is 0 Å². The van der Waals surface area contributed by atoms with Crippen LogP contribution in [0.3, 0.4) is 0 Å². The minimum atomic E-state index is -0.328. The summed E-state index contributed by atoms with van der Waals surface area (Å²) in [4.78, 5) is 0. The maximum absolute atomic E-state index is 9.98. The second-order valence-electron chi connectivity index (χ2n) is 4.02. The van der Waals surface area contributed by atoms with Crippen molar-refractivity contribution in [3.8, 4) is 0 Å². The number of benzene rings is 1. The van der Waals surface area contributed by atoms with Gasteiger partial charge in [0.2, 0.25) is 0 Å². The molecule has 0 saturated heterocycles. The lowest BCUT2D eigenvalue weighted by molar-refractivity contribution is 0.208. The van der Waals surface area contributed by atoms with Crippen LogP contribution >= 0.6 is 11.6 Å². The molecule has 1 atom stereocenters. The van der Waals surface area contributed by atoms with E-state index in [0.29, 0.717) is 6.42 Å². The van der Waals surface area contributed by atoms with Crippen molar-refractivity contribution in [2.45, 2.75) is 31.8 Å². The predicted molar refractivity (Wildman–Crippen MR) is 63.1 cm³/mol. The molecule has 0 aromatic heterocycles. The van der Waals surface area contributed by atoms with E-state index in [4.69, 9.17) is 11.6 Å². The molecule has 0 radical (unpaired) electrons. The molecule has 1 nitrogen and oxygen atoms in total. The van der Waals surface area contributed by atoms with E-state index in [0.717, 1.165) is 23.4 Å². The van der Waals surface area contributed by atoms with Crippen LogP contribution in [0.1, 0.15) is 24.8 Å². The first kappa shape index (κ1) is 10.7. The number of allylic oxidation sites excluding steroid dienone is 1. The number of aliphatic hydroxyl groups excluding tert-OH is 1. The molecular weight excluding hydrogens is 208 g/mol. The Morgan fingerprint density at radius 2 is 2.27 bits per heavy atom. The van der Waals surface area contributed by atoms with Crippen LogP contribution in [0.2, 0.25) is 5.02 Å². The summed E-state index contributed by atoms with van der Waals surface area (Å²) in [6.45, 7) is 0. The first-order chi connectivity index (χ1) is 7.25. The van der Waals surface area contributed by atoms with E-state index >= 15 is 0 Å². The third-order valence-electron chi connectivity index (χ3n) is 2.82. The molecule has 15 heavy (non-hydrogen) atoms. The lowest BCUT2D eigenvalue weighted by Gasteiger charge is -2.12. The Hall–Kier alpha value is -0.790. The van der Waals surface area contributed by atoms with E-state index in [9.17, 15) is 5.11 Å². The summed E-state index contributed by atoms with van der Waals surface area (Å²) >= 11 is 5.89. The summed E-state index contributed by atoms with van der Waals surface area (Å²) in [5, 5.41) is 10.7. The van der Waals surface area contributed by atoms with Gasteiger partial charge in [-0.15, -0.1) is 0 Å². The highest BCUT2D eigenvalue weighted by atomic mass is 35.5. The summed E-state index contributed by atoms with van der Waals surface area (Å²) in [6, 6.07) is 7.70. The van der Waals surface area contributed by atoms with Crippen LogP contribution < -0.4 is 0 Å². The van der Waals surface area contributed by atoms with Crippen LogP contribution in [0.4, 0.5) is 0 Å². The van der Waals surface area contributed by atoms with Gasteiger partial charge in [-0.1, -0.05) is 29.8 Å². The molecular formula is C13H15ClO. The Bertz CT molecular complexity index is 371. The van der Waals surface area contributed by atoms with E-state index in [-0.39, 0.29) is 6.10 Å². The van der Waals surface area contributed by atoms with Gasteiger partial charge in [0.05, 0.1) is 6.10 Å². The fourth-order valence-corrected chi connectivity index (χ4v) is 2.23. The molecule has 0 bridgehead atoms. The topological polar surface area (TPSA) is 20.2 Å². The highest BCUT2D eigenvalue weighted by Crippen LogP contribution is 2.23. The molecule has 1 aromatic rings. The van der Waals surface area contributed by atoms with Crippen molar-refractivity contribution in [3.05, 3.63) is 46.5 Å². The Kier molecular flexibility index (Phi) is 3.45. The minimum absolute atomic E-state index is 0.328. The van der Waals surface area contributed by atoms with Gasteiger partial charge in [-0.05, 0) is 42.5 Å². The SMILES string of the molecule is OC(Cc1cccc(Cl)c1)C1=CCCC1. The van der Waals surface area contributed by atoms with E-state index in [1.165, 1.54) is 12.0 Å². The third-order valence-corrected chi connectivity index (χ3v) is 3.06. The normalized spacial score (nSPS) is 17.6. The van der Waals surface area contributed by atoms with Crippen LogP contribution in [-0.4, -0.2) is 11.2 Å². The third kappa shape index (κ3) is 2.83. The molecule has 1 aliphatic carbocycles. The van der Waals surface area contributed by atoms with Crippen molar-refractivity contribution in [1.82, 2.24) is 0 Å². The smallest absolute Gasteiger partial charge is 0.0790 e. The van der Waals surface area contributed by atoms with Crippen molar-refractivity contribution in [1.29, 1.82) is 0 Å². The highest BCUT2D eigenvalue weighted by Gasteiger charge is 2.14. The standard InChI is InChI=1S/C13H15ClO/c14-12-7-3-4-10(8-12)9-13(15)11-5-1-2-6-11/h3-5,7-8,13,15H,1-2,6,9H2. The monoisotopic (exact) mass is 222 g/mol. The average molecular weight is 223 g/mol. The Morgan fingerprint density at radius 1 is 1.40 bits per heavy atom. The maximum Gasteiger partial charge on any atom is 0.0790 e. The summed E-state index contributed by atoms with van der Waals surface area (Å²) in [6.07, 6.45) is 5.85. The Labute approximate surface area is 95.4 Å². The largest absolute Gasteiger partial charge is 0.388 e. The molecule has 1 N–H and O–H groups in total. The fourth-order valence-electron chi connectivity index (χ4n) is 2.02. The zero-order valence-corrected chi connectivity index (χ0v) is 9.37. The number of hydrogen-bond donors (Lipinski definition) is 1. The van der Waals surface area contributed by atoms with Crippen LogP contribution in [0.5, 0.6) is 0 Å². The molecule has 2 rings (SSSR count). The van der Waals surface area contributed by atoms with Crippen LogP contribution in [0, 0.1) is 0 Å². The molecule has 2 heteroatoms. The lowest BCUT2D eigenvalue weighted by atomic mass is 10.0. The molecule has 0 heterocycles. The van der Waals surface area contributed by atoms with Gasteiger partial charge in [0, 0.05) is 11.4 Å². The zero-order chi connectivity index (χ0) is 10.7. The van der Waals surface area contributed by atoms with Gasteiger partial charge in [0.25, 0.3) is 0 Å². The molecule has 0 fully saturated rings. The highest BCUT2D eigenvalue weighted by molar-refractivity contribution is 6.30. The van der Waals surface area contributed by atoms with Gasteiger partial charge in [-0.2, -0.15) is 0 Å². The predicted octanol–water partition coefficient (Wildman–Crippen LogP) is 3.35. The summed E-state index contributed by atoms with van der Waals surface area (Å²) in [7, 11) is 0. The van der Waals surface area contributed by atoms with E-state index in [2.05, 4.69) is 6.08 Å². The second kappa shape index (κ2) is 4.82.